The molecule has 2 aromatic heterocycles. The van der Waals surface area contributed by atoms with Crippen LogP contribution in [0.15, 0.2) is 194 Å². The minimum Gasteiger partial charge on any atom is -0.311 e. The van der Waals surface area contributed by atoms with Crippen LogP contribution in [-0.4, -0.2) is 14.5 Å². The van der Waals surface area contributed by atoms with Crippen molar-refractivity contribution in [1.82, 2.24) is 14.5 Å². The van der Waals surface area contributed by atoms with E-state index in [0.717, 1.165) is 78.5 Å². The molecule has 0 aliphatic rings. The van der Waals surface area contributed by atoms with Gasteiger partial charge >= 0.3 is 0 Å². The highest BCUT2D eigenvalue weighted by molar-refractivity contribution is 6.09. The highest BCUT2D eigenvalue weighted by Gasteiger charge is 2.22. The van der Waals surface area contributed by atoms with Crippen LogP contribution >= 0.6 is 0 Å². The molecule has 236 valence electrons. The van der Waals surface area contributed by atoms with Gasteiger partial charge in [0.15, 0.2) is 0 Å². The van der Waals surface area contributed by atoms with E-state index < -0.39 is 0 Å². The van der Waals surface area contributed by atoms with E-state index in [9.17, 15) is 0 Å². The summed E-state index contributed by atoms with van der Waals surface area (Å²) in [4.78, 5) is 12.9. The highest BCUT2D eigenvalue weighted by Crippen LogP contribution is 2.39. The molecule has 9 aromatic rings. The number of imidazole rings is 1. The Hall–Kier alpha value is -6.78. The first-order valence-corrected chi connectivity index (χ1v) is 16.8. The summed E-state index contributed by atoms with van der Waals surface area (Å²) in [6, 6.07) is 67.7. The Bertz CT molecular complexity index is 2500. The number of rotatable bonds is 7. The molecule has 0 aliphatic heterocycles. The van der Waals surface area contributed by atoms with Gasteiger partial charge in [-0.05, 0) is 65.7 Å². The van der Waals surface area contributed by atoms with Gasteiger partial charge in [0.05, 0.1) is 11.2 Å². The summed E-state index contributed by atoms with van der Waals surface area (Å²) < 4.78 is 2.27. The molecule has 0 saturated heterocycles. The number of hydrogen-bond acceptors (Lipinski definition) is 3. The topological polar surface area (TPSA) is 34.0 Å². The molecule has 0 atom stereocenters. The summed E-state index contributed by atoms with van der Waals surface area (Å²) >= 11 is 0. The third-order valence-electron chi connectivity index (χ3n) is 9.19. The van der Waals surface area contributed by atoms with Gasteiger partial charge in [0.2, 0.25) is 0 Å². The minimum absolute atomic E-state index is 0.884. The zero-order valence-corrected chi connectivity index (χ0v) is 27.3. The van der Waals surface area contributed by atoms with E-state index in [1.54, 1.807) is 0 Å². The predicted octanol–water partition coefficient (Wildman–Crippen LogP) is 12.0. The Balaban J connectivity index is 1.16. The van der Waals surface area contributed by atoms with E-state index in [1.807, 2.05) is 18.2 Å². The second kappa shape index (κ2) is 12.7. The van der Waals surface area contributed by atoms with E-state index >= 15 is 0 Å². The molecular formula is C46H32N4. The lowest BCUT2D eigenvalue weighted by molar-refractivity contribution is 1.10. The van der Waals surface area contributed by atoms with E-state index in [-0.39, 0.29) is 0 Å². The maximum Gasteiger partial charge on any atom is 0.145 e. The van der Waals surface area contributed by atoms with Crippen LogP contribution in [0.5, 0.6) is 0 Å². The van der Waals surface area contributed by atoms with Gasteiger partial charge in [-0.3, -0.25) is 4.57 Å². The summed E-state index contributed by atoms with van der Waals surface area (Å²) in [5.74, 6) is 0.884. The molecule has 0 spiro atoms. The van der Waals surface area contributed by atoms with Crippen molar-refractivity contribution >= 4 is 39.0 Å². The van der Waals surface area contributed by atoms with Crippen molar-refractivity contribution in [1.29, 1.82) is 0 Å². The Morgan fingerprint density at radius 3 is 1.46 bits per heavy atom. The average molecular weight is 641 g/mol. The normalized spacial score (nSPS) is 11.2. The second-order valence-corrected chi connectivity index (χ2v) is 12.3. The van der Waals surface area contributed by atoms with Crippen molar-refractivity contribution in [3.63, 3.8) is 0 Å². The quantitative estimate of drug-likeness (QED) is 0.174. The van der Waals surface area contributed by atoms with Gasteiger partial charge in [0.1, 0.15) is 16.9 Å². The van der Waals surface area contributed by atoms with E-state index in [2.05, 4.69) is 185 Å². The maximum absolute atomic E-state index is 5.35. The van der Waals surface area contributed by atoms with E-state index in [1.165, 1.54) is 0 Å². The molecule has 0 aliphatic carbocycles. The molecule has 4 heteroatoms. The fraction of sp³-hybridized carbons (Fsp3) is 0. The van der Waals surface area contributed by atoms with Gasteiger partial charge in [-0.25, -0.2) is 9.97 Å². The molecule has 9 rings (SSSR count). The summed E-state index contributed by atoms with van der Waals surface area (Å²) in [7, 11) is 0. The first kappa shape index (κ1) is 29.4. The molecule has 0 N–H and O–H groups in total. The van der Waals surface area contributed by atoms with Crippen molar-refractivity contribution in [2.75, 3.05) is 4.90 Å². The molecule has 0 unspecified atom stereocenters. The van der Waals surface area contributed by atoms with Gasteiger partial charge < -0.3 is 4.90 Å². The summed E-state index contributed by atoms with van der Waals surface area (Å²) in [6.45, 7) is 0. The number of anilines is 3. The number of hydrogen-bond donors (Lipinski definition) is 0. The standard InChI is InChI=1S/C46H32N4/c1-5-15-35(16-6-1)43-45-44(41-23-13-14-24-42(41)47-43)48-46(36-17-7-2-8-18-36)50(45)40-31-27-34(28-32-40)33-25-29-39(30-26-33)49(37-19-9-3-10-20-37)38-21-11-4-12-22-38/h1-32H. The van der Waals surface area contributed by atoms with Crippen LogP contribution in [0, 0.1) is 0 Å². The molecule has 0 fully saturated rings. The minimum atomic E-state index is 0.884. The number of benzene rings is 7. The van der Waals surface area contributed by atoms with Gasteiger partial charge in [-0.15, -0.1) is 0 Å². The first-order valence-electron chi connectivity index (χ1n) is 16.8. The van der Waals surface area contributed by atoms with Gasteiger partial charge in [-0.2, -0.15) is 0 Å². The number of para-hydroxylation sites is 3. The van der Waals surface area contributed by atoms with Crippen molar-refractivity contribution < 1.29 is 0 Å². The molecule has 0 radical (unpaired) electrons. The lowest BCUT2D eigenvalue weighted by Crippen LogP contribution is -2.09. The fourth-order valence-electron chi connectivity index (χ4n) is 6.81. The van der Waals surface area contributed by atoms with E-state index in [0.29, 0.717) is 0 Å². The lowest BCUT2D eigenvalue weighted by Gasteiger charge is -2.25. The SMILES string of the molecule is c1ccc(-c2nc3ccccc3c3nc(-c4ccccc4)n(-c4ccc(-c5ccc(N(c6ccccc6)c6ccccc6)cc5)cc4)c23)cc1. The van der Waals surface area contributed by atoms with Crippen molar-refractivity contribution in [3.8, 4) is 39.5 Å². The van der Waals surface area contributed by atoms with Crippen LogP contribution < -0.4 is 4.90 Å². The molecular weight excluding hydrogens is 609 g/mol. The van der Waals surface area contributed by atoms with Crippen molar-refractivity contribution in [2.45, 2.75) is 0 Å². The Kier molecular flexibility index (Phi) is 7.45. The van der Waals surface area contributed by atoms with Crippen LogP contribution in [0.1, 0.15) is 0 Å². The molecule has 50 heavy (non-hydrogen) atoms. The first-order chi connectivity index (χ1) is 24.8. The zero-order chi connectivity index (χ0) is 33.3. The smallest absolute Gasteiger partial charge is 0.145 e. The third-order valence-corrected chi connectivity index (χ3v) is 9.19. The number of fused-ring (bicyclic) bond motifs is 3. The zero-order valence-electron chi connectivity index (χ0n) is 27.3. The largest absolute Gasteiger partial charge is 0.311 e. The predicted molar refractivity (Wildman–Crippen MR) is 207 cm³/mol. The molecule has 7 aromatic carbocycles. The Morgan fingerprint density at radius 2 is 0.860 bits per heavy atom. The Labute approximate surface area is 291 Å². The van der Waals surface area contributed by atoms with E-state index in [4.69, 9.17) is 9.97 Å². The Morgan fingerprint density at radius 1 is 0.380 bits per heavy atom. The van der Waals surface area contributed by atoms with Crippen molar-refractivity contribution in [2.24, 2.45) is 0 Å². The van der Waals surface area contributed by atoms with Crippen LogP contribution in [0.4, 0.5) is 17.1 Å². The maximum atomic E-state index is 5.35. The van der Waals surface area contributed by atoms with Gasteiger partial charge in [0.25, 0.3) is 0 Å². The lowest BCUT2D eigenvalue weighted by atomic mass is 10.0. The van der Waals surface area contributed by atoms with Crippen molar-refractivity contribution in [3.05, 3.63) is 194 Å². The van der Waals surface area contributed by atoms with Gasteiger partial charge in [-0.1, -0.05) is 140 Å². The monoisotopic (exact) mass is 640 g/mol. The average Bonchev–Trinajstić information content (AvgIpc) is 3.61. The number of pyridine rings is 1. The highest BCUT2D eigenvalue weighted by atomic mass is 15.1. The summed E-state index contributed by atoms with van der Waals surface area (Å²) in [6.07, 6.45) is 0. The number of nitrogens with zero attached hydrogens (tertiary/aromatic N) is 4. The molecule has 2 heterocycles. The van der Waals surface area contributed by atoms with Crippen LogP contribution in [0.2, 0.25) is 0 Å². The number of aromatic nitrogens is 3. The van der Waals surface area contributed by atoms with Crippen LogP contribution in [-0.2, 0) is 0 Å². The molecule has 0 amide bonds. The van der Waals surface area contributed by atoms with Gasteiger partial charge in [0, 0.05) is 39.3 Å². The third kappa shape index (κ3) is 5.29. The summed E-state index contributed by atoms with van der Waals surface area (Å²) in [5, 5.41) is 1.04. The van der Waals surface area contributed by atoms with Crippen LogP contribution in [0.25, 0.3) is 61.4 Å². The second-order valence-electron chi connectivity index (χ2n) is 12.3. The molecule has 0 saturated carbocycles. The fourth-order valence-corrected chi connectivity index (χ4v) is 6.81. The molecule has 4 nitrogen and oxygen atoms in total. The summed E-state index contributed by atoms with van der Waals surface area (Å²) in [5.41, 5.74) is 12.5. The van der Waals surface area contributed by atoms with Crippen LogP contribution in [0.3, 0.4) is 0 Å². The molecule has 0 bridgehead atoms.